The maximum Gasteiger partial charge on any atom is 0.154 e. The van der Waals surface area contributed by atoms with Crippen LogP contribution in [0, 0.1) is 11.2 Å². The second-order valence-electron chi connectivity index (χ2n) is 2.93. The first kappa shape index (κ1) is 11.1. The van der Waals surface area contributed by atoms with Crippen LogP contribution in [0.5, 0.6) is 0 Å². The number of aromatic nitrogens is 1. The molecule has 82 valence electrons. The average molecular weight is 253 g/mol. The zero-order chi connectivity index (χ0) is 11.5. The number of rotatable bonds is 3. The predicted octanol–water partition coefficient (Wildman–Crippen LogP) is 2.72. The molecule has 0 aliphatic heterocycles. The first-order valence-corrected chi connectivity index (χ1v) is 6.08. The molecule has 3 N–H and O–H groups in total. The summed E-state index contributed by atoms with van der Waals surface area (Å²) in [5.74, 6) is -0.744. The van der Waals surface area contributed by atoms with Crippen molar-refractivity contribution in [2.75, 3.05) is 0 Å². The van der Waals surface area contributed by atoms with Gasteiger partial charge in [0.2, 0.25) is 0 Å². The summed E-state index contributed by atoms with van der Waals surface area (Å²) in [6, 6.07) is 4.62. The number of halogens is 1. The summed E-state index contributed by atoms with van der Waals surface area (Å²) in [5.41, 5.74) is 5.50. The molecule has 0 fully saturated rings. The third kappa shape index (κ3) is 2.23. The molecule has 2 rings (SSSR count). The Bertz CT molecular complexity index is 511. The molecule has 0 unspecified atom stereocenters. The Morgan fingerprint density at radius 1 is 1.50 bits per heavy atom. The van der Waals surface area contributed by atoms with Crippen LogP contribution in [0.1, 0.15) is 5.56 Å². The topological polar surface area (TPSA) is 62.8 Å². The van der Waals surface area contributed by atoms with Gasteiger partial charge in [0.25, 0.3) is 0 Å². The largest absolute Gasteiger partial charge is 0.384 e. The molecule has 1 aromatic heterocycles. The summed E-state index contributed by atoms with van der Waals surface area (Å²) < 4.78 is 14.3. The number of hydrogen-bond donors (Lipinski definition) is 2. The summed E-state index contributed by atoms with van der Waals surface area (Å²) in [4.78, 5) is 4.70. The van der Waals surface area contributed by atoms with Crippen molar-refractivity contribution >= 4 is 28.9 Å². The van der Waals surface area contributed by atoms with Gasteiger partial charge in [-0.1, -0.05) is 17.8 Å². The molecule has 0 radical (unpaired) electrons. The Balaban J connectivity index is 2.40. The van der Waals surface area contributed by atoms with Gasteiger partial charge in [-0.05, 0) is 12.1 Å². The fourth-order valence-electron chi connectivity index (χ4n) is 1.21. The first-order chi connectivity index (χ1) is 7.68. The van der Waals surface area contributed by atoms with Gasteiger partial charge in [-0.2, -0.15) is 0 Å². The Labute approximate surface area is 100 Å². The van der Waals surface area contributed by atoms with Gasteiger partial charge in [0, 0.05) is 16.5 Å². The van der Waals surface area contributed by atoms with Crippen LogP contribution in [-0.2, 0) is 0 Å². The summed E-state index contributed by atoms with van der Waals surface area (Å²) >= 11 is 2.77. The quantitative estimate of drug-likeness (QED) is 0.653. The molecule has 0 bridgehead atoms. The average Bonchev–Trinajstić information content (AvgIpc) is 2.70. The van der Waals surface area contributed by atoms with Crippen molar-refractivity contribution in [2.24, 2.45) is 5.73 Å². The van der Waals surface area contributed by atoms with Crippen LogP contribution in [-0.4, -0.2) is 10.8 Å². The van der Waals surface area contributed by atoms with E-state index in [0.29, 0.717) is 4.90 Å². The molecule has 1 aromatic carbocycles. The van der Waals surface area contributed by atoms with Crippen molar-refractivity contribution in [3.8, 4) is 0 Å². The van der Waals surface area contributed by atoms with Crippen LogP contribution in [0.4, 0.5) is 4.39 Å². The van der Waals surface area contributed by atoms with Gasteiger partial charge in [0.1, 0.15) is 11.7 Å². The standard InChI is InChI=1S/C10H8FN3S2/c11-6-2-1-3-7(8(6)9(12)13)16-10-14-4-5-15-10/h1-5H,(H3,12,13). The lowest BCUT2D eigenvalue weighted by molar-refractivity contribution is 0.621. The highest BCUT2D eigenvalue weighted by Gasteiger charge is 2.12. The van der Waals surface area contributed by atoms with E-state index >= 15 is 0 Å². The molecule has 0 atom stereocenters. The van der Waals surface area contributed by atoms with Crippen LogP contribution >= 0.6 is 23.1 Å². The van der Waals surface area contributed by atoms with Crippen LogP contribution in [0.15, 0.2) is 39.0 Å². The lowest BCUT2D eigenvalue weighted by atomic mass is 10.2. The number of nitrogen functional groups attached to an aromatic ring is 1. The third-order valence-corrected chi connectivity index (χ3v) is 3.80. The monoisotopic (exact) mass is 253 g/mol. The molecule has 0 saturated heterocycles. The zero-order valence-electron chi connectivity index (χ0n) is 8.11. The van der Waals surface area contributed by atoms with Crippen molar-refractivity contribution in [3.63, 3.8) is 0 Å². The lowest BCUT2D eigenvalue weighted by Crippen LogP contribution is -2.14. The van der Waals surface area contributed by atoms with Crippen LogP contribution in [0.25, 0.3) is 0 Å². The second kappa shape index (κ2) is 4.63. The van der Waals surface area contributed by atoms with E-state index in [4.69, 9.17) is 11.1 Å². The Morgan fingerprint density at radius 2 is 2.31 bits per heavy atom. The van der Waals surface area contributed by atoms with Gasteiger partial charge in [0.05, 0.1) is 5.56 Å². The van der Waals surface area contributed by atoms with E-state index in [0.717, 1.165) is 4.34 Å². The van der Waals surface area contributed by atoms with E-state index in [1.807, 2.05) is 5.38 Å². The van der Waals surface area contributed by atoms with Gasteiger partial charge < -0.3 is 5.73 Å². The SMILES string of the molecule is N=C(N)c1c(F)cccc1Sc1nccs1. The Hall–Kier alpha value is -1.40. The molecule has 3 nitrogen and oxygen atoms in total. The molecule has 1 heterocycles. The minimum absolute atomic E-state index is 0.141. The van der Waals surface area contributed by atoms with Crippen molar-refractivity contribution in [3.05, 3.63) is 41.2 Å². The van der Waals surface area contributed by atoms with E-state index < -0.39 is 5.82 Å². The summed E-state index contributed by atoms with van der Waals surface area (Å²) in [5, 5.41) is 9.20. The molecule has 16 heavy (non-hydrogen) atoms. The number of nitrogens with one attached hydrogen (secondary N) is 1. The molecular weight excluding hydrogens is 245 g/mol. The van der Waals surface area contributed by atoms with E-state index in [-0.39, 0.29) is 11.4 Å². The molecule has 0 aliphatic rings. The van der Waals surface area contributed by atoms with Crippen LogP contribution in [0.3, 0.4) is 0 Å². The van der Waals surface area contributed by atoms with Crippen molar-refractivity contribution < 1.29 is 4.39 Å². The van der Waals surface area contributed by atoms with Crippen molar-refractivity contribution in [1.29, 1.82) is 5.41 Å². The van der Waals surface area contributed by atoms with Gasteiger partial charge in [-0.3, -0.25) is 5.41 Å². The predicted molar refractivity (Wildman–Crippen MR) is 63.7 cm³/mol. The molecule has 0 spiro atoms. The first-order valence-electron chi connectivity index (χ1n) is 4.38. The van der Waals surface area contributed by atoms with E-state index in [1.165, 1.54) is 29.2 Å². The molecule has 0 amide bonds. The van der Waals surface area contributed by atoms with E-state index in [1.54, 1.807) is 18.3 Å². The van der Waals surface area contributed by atoms with Crippen LogP contribution < -0.4 is 5.73 Å². The number of nitrogens with two attached hydrogens (primary N) is 1. The number of nitrogens with zero attached hydrogens (tertiary/aromatic N) is 1. The smallest absolute Gasteiger partial charge is 0.154 e. The summed E-state index contributed by atoms with van der Waals surface area (Å²) in [7, 11) is 0. The maximum atomic E-state index is 13.5. The third-order valence-electron chi connectivity index (χ3n) is 1.85. The zero-order valence-corrected chi connectivity index (χ0v) is 9.74. The molecule has 2 aromatic rings. The fraction of sp³-hybridized carbons (Fsp3) is 0. The minimum atomic E-state index is -0.478. The molecule has 0 saturated carbocycles. The number of thiazole rings is 1. The number of amidine groups is 1. The molecular formula is C10H8FN3S2. The summed E-state index contributed by atoms with van der Waals surface area (Å²) in [6.07, 6.45) is 1.68. The minimum Gasteiger partial charge on any atom is -0.384 e. The van der Waals surface area contributed by atoms with Gasteiger partial charge in [-0.15, -0.1) is 11.3 Å². The van der Waals surface area contributed by atoms with Gasteiger partial charge >= 0.3 is 0 Å². The van der Waals surface area contributed by atoms with E-state index in [2.05, 4.69) is 4.98 Å². The van der Waals surface area contributed by atoms with Crippen molar-refractivity contribution in [2.45, 2.75) is 9.24 Å². The highest BCUT2D eigenvalue weighted by molar-refractivity contribution is 8.01. The molecule has 6 heteroatoms. The fourth-order valence-corrected chi connectivity index (χ4v) is 2.95. The van der Waals surface area contributed by atoms with Gasteiger partial charge in [-0.25, -0.2) is 9.37 Å². The Kier molecular flexibility index (Phi) is 3.21. The number of hydrogen-bond acceptors (Lipinski definition) is 4. The van der Waals surface area contributed by atoms with Crippen molar-refractivity contribution in [1.82, 2.24) is 4.98 Å². The normalized spacial score (nSPS) is 10.3. The molecule has 0 aliphatic carbocycles. The highest BCUT2D eigenvalue weighted by atomic mass is 32.2. The summed E-state index contributed by atoms with van der Waals surface area (Å²) in [6.45, 7) is 0. The van der Waals surface area contributed by atoms with E-state index in [9.17, 15) is 4.39 Å². The van der Waals surface area contributed by atoms with Crippen LogP contribution in [0.2, 0.25) is 0 Å². The lowest BCUT2D eigenvalue weighted by Gasteiger charge is -2.06. The number of benzene rings is 1. The highest BCUT2D eigenvalue weighted by Crippen LogP contribution is 2.32. The van der Waals surface area contributed by atoms with Gasteiger partial charge in [0.15, 0.2) is 4.34 Å². The maximum absolute atomic E-state index is 13.5. The Morgan fingerprint density at radius 3 is 2.94 bits per heavy atom. The second-order valence-corrected chi connectivity index (χ2v) is 5.11.